The summed E-state index contributed by atoms with van der Waals surface area (Å²) in [5, 5.41) is 10.3. The predicted octanol–water partition coefficient (Wildman–Crippen LogP) is 7.63. The molecule has 4 fully saturated rings. The van der Waals surface area contributed by atoms with E-state index in [2.05, 4.69) is 41.2 Å². The molecule has 1 heteroatoms. The lowest BCUT2D eigenvalue weighted by molar-refractivity contribution is -0.129. The molecule has 0 amide bonds. The van der Waals surface area contributed by atoms with E-state index in [9.17, 15) is 5.11 Å². The van der Waals surface area contributed by atoms with Gasteiger partial charge in [0.25, 0.3) is 0 Å². The smallest absolute Gasteiger partial charge is 0.0543 e. The van der Waals surface area contributed by atoms with E-state index in [1.54, 1.807) is 0 Å². The van der Waals surface area contributed by atoms with Crippen molar-refractivity contribution in [1.82, 2.24) is 0 Å². The molecular weight excluding hydrogens is 352 g/mol. The maximum atomic E-state index is 10.3. The standard InChI is InChI=1S/C28H48O/c1-18(2)19(3)7-8-20(4)24-11-12-25-23-10-9-21-17-22(29)13-15-27(21,5)26(23)14-16-28(24,25)6/h18,20-26,29H,3,7-17H2,1-2,4-6H3. The van der Waals surface area contributed by atoms with Crippen LogP contribution < -0.4 is 0 Å². The van der Waals surface area contributed by atoms with E-state index < -0.39 is 0 Å². The SMILES string of the molecule is C=C(CCC(C)C1CCC2C3CCC4CC(O)CCC4(C)C3CCC12C)C(C)C. The molecule has 0 heterocycles. The number of fused-ring (bicyclic) bond motifs is 5. The van der Waals surface area contributed by atoms with Crippen molar-refractivity contribution in [2.45, 2.75) is 111 Å². The lowest BCUT2D eigenvalue weighted by atomic mass is 9.44. The van der Waals surface area contributed by atoms with Gasteiger partial charge in [0.05, 0.1) is 6.10 Å². The molecule has 9 unspecified atom stereocenters. The lowest BCUT2D eigenvalue weighted by Crippen LogP contribution is -2.54. The maximum absolute atomic E-state index is 10.3. The van der Waals surface area contributed by atoms with E-state index in [-0.39, 0.29) is 6.10 Å². The summed E-state index contributed by atoms with van der Waals surface area (Å²) in [5.41, 5.74) is 2.55. The minimum atomic E-state index is -0.0178. The van der Waals surface area contributed by atoms with E-state index in [4.69, 9.17) is 0 Å². The predicted molar refractivity (Wildman–Crippen MR) is 124 cm³/mol. The van der Waals surface area contributed by atoms with Crippen LogP contribution in [-0.4, -0.2) is 11.2 Å². The van der Waals surface area contributed by atoms with Gasteiger partial charge in [0.1, 0.15) is 0 Å². The summed E-state index contributed by atoms with van der Waals surface area (Å²) in [6.07, 6.45) is 14.7. The highest BCUT2D eigenvalue weighted by atomic mass is 16.3. The van der Waals surface area contributed by atoms with E-state index in [0.29, 0.717) is 16.7 Å². The van der Waals surface area contributed by atoms with Crippen molar-refractivity contribution in [1.29, 1.82) is 0 Å². The zero-order chi connectivity index (χ0) is 21.0. The Labute approximate surface area is 181 Å². The van der Waals surface area contributed by atoms with Crippen LogP contribution in [-0.2, 0) is 0 Å². The van der Waals surface area contributed by atoms with Crippen LogP contribution in [0.5, 0.6) is 0 Å². The normalized spacial score (nSPS) is 48.0. The van der Waals surface area contributed by atoms with E-state index in [0.717, 1.165) is 48.3 Å². The fourth-order valence-electron chi connectivity index (χ4n) is 9.11. The molecule has 0 bridgehead atoms. The van der Waals surface area contributed by atoms with Crippen LogP contribution in [0.2, 0.25) is 0 Å². The summed E-state index contributed by atoms with van der Waals surface area (Å²) in [7, 11) is 0. The summed E-state index contributed by atoms with van der Waals surface area (Å²) in [4.78, 5) is 0. The molecule has 4 saturated carbocycles. The third kappa shape index (κ3) is 3.66. The van der Waals surface area contributed by atoms with Gasteiger partial charge in [-0.15, -0.1) is 0 Å². The molecule has 0 aliphatic heterocycles. The molecule has 0 aromatic carbocycles. The van der Waals surface area contributed by atoms with E-state index in [1.807, 2.05) is 0 Å². The van der Waals surface area contributed by atoms with E-state index in [1.165, 1.54) is 63.4 Å². The van der Waals surface area contributed by atoms with Crippen molar-refractivity contribution < 1.29 is 5.11 Å². The number of aliphatic hydroxyl groups is 1. The van der Waals surface area contributed by atoms with Crippen molar-refractivity contribution in [3.63, 3.8) is 0 Å². The van der Waals surface area contributed by atoms with Crippen molar-refractivity contribution in [3.05, 3.63) is 12.2 Å². The molecule has 0 spiro atoms. The second-order valence-electron chi connectivity index (χ2n) is 12.6. The van der Waals surface area contributed by atoms with Crippen molar-refractivity contribution in [3.8, 4) is 0 Å². The largest absolute Gasteiger partial charge is 0.393 e. The minimum absolute atomic E-state index is 0.0178. The Bertz CT molecular complexity index is 607. The zero-order valence-corrected chi connectivity index (χ0v) is 20.1. The Morgan fingerprint density at radius 1 is 0.931 bits per heavy atom. The molecule has 4 aliphatic carbocycles. The highest BCUT2D eigenvalue weighted by Gasteiger charge is 2.60. The van der Waals surface area contributed by atoms with Gasteiger partial charge < -0.3 is 5.11 Å². The summed E-state index contributed by atoms with van der Waals surface area (Å²) in [6, 6.07) is 0. The lowest BCUT2D eigenvalue weighted by Gasteiger charge is -2.61. The molecule has 4 aliphatic rings. The summed E-state index contributed by atoms with van der Waals surface area (Å²) in [6.45, 7) is 16.8. The van der Waals surface area contributed by atoms with Crippen LogP contribution in [0, 0.1) is 52.3 Å². The van der Waals surface area contributed by atoms with Crippen LogP contribution in [0.25, 0.3) is 0 Å². The Morgan fingerprint density at radius 2 is 1.62 bits per heavy atom. The Balaban J connectivity index is 1.46. The van der Waals surface area contributed by atoms with Gasteiger partial charge in [0.15, 0.2) is 0 Å². The molecule has 1 nitrogen and oxygen atoms in total. The molecule has 9 atom stereocenters. The number of rotatable bonds is 5. The number of hydrogen-bond acceptors (Lipinski definition) is 1. The number of allylic oxidation sites excluding steroid dienone is 1. The fraction of sp³-hybridized carbons (Fsp3) is 0.929. The third-order valence-corrected chi connectivity index (χ3v) is 11.1. The Morgan fingerprint density at radius 3 is 2.34 bits per heavy atom. The summed E-state index contributed by atoms with van der Waals surface area (Å²) < 4.78 is 0. The quantitative estimate of drug-likeness (QED) is 0.470. The van der Waals surface area contributed by atoms with Crippen LogP contribution in [0.15, 0.2) is 12.2 Å². The molecular formula is C28H48O. The third-order valence-electron chi connectivity index (χ3n) is 11.1. The Hall–Kier alpha value is -0.300. The van der Waals surface area contributed by atoms with Crippen molar-refractivity contribution in [2.75, 3.05) is 0 Å². The second-order valence-corrected chi connectivity index (χ2v) is 12.6. The monoisotopic (exact) mass is 400 g/mol. The van der Waals surface area contributed by atoms with Crippen LogP contribution in [0.1, 0.15) is 105 Å². The Kier molecular flexibility index (Phi) is 6.04. The molecule has 0 saturated heterocycles. The fourth-order valence-corrected chi connectivity index (χ4v) is 9.11. The maximum Gasteiger partial charge on any atom is 0.0543 e. The first-order valence-electron chi connectivity index (χ1n) is 13.0. The number of aliphatic hydroxyl groups excluding tert-OH is 1. The highest BCUT2D eigenvalue weighted by Crippen LogP contribution is 2.68. The van der Waals surface area contributed by atoms with Gasteiger partial charge >= 0.3 is 0 Å². The van der Waals surface area contributed by atoms with Gasteiger partial charge in [-0.1, -0.05) is 46.8 Å². The first-order chi connectivity index (χ1) is 13.7. The van der Waals surface area contributed by atoms with Gasteiger partial charge in [-0.3, -0.25) is 0 Å². The van der Waals surface area contributed by atoms with Crippen LogP contribution >= 0.6 is 0 Å². The van der Waals surface area contributed by atoms with Gasteiger partial charge in [0, 0.05) is 0 Å². The first kappa shape index (κ1) is 21.9. The van der Waals surface area contributed by atoms with E-state index >= 15 is 0 Å². The summed E-state index contributed by atoms with van der Waals surface area (Å²) in [5.74, 6) is 6.05. The molecule has 0 aromatic rings. The number of hydrogen-bond donors (Lipinski definition) is 1. The topological polar surface area (TPSA) is 20.2 Å². The van der Waals surface area contributed by atoms with Gasteiger partial charge in [-0.05, 0) is 123 Å². The molecule has 166 valence electrons. The van der Waals surface area contributed by atoms with Gasteiger partial charge in [0.2, 0.25) is 0 Å². The molecule has 4 rings (SSSR count). The summed E-state index contributed by atoms with van der Waals surface area (Å²) >= 11 is 0. The van der Waals surface area contributed by atoms with Gasteiger partial charge in [-0.25, -0.2) is 0 Å². The molecule has 0 aromatic heterocycles. The van der Waals surface area contributed by atoms with Crippen LogP contribution in [0.3, 0.4) is 0 Å². The minimum Gasteiger partial charge on any atom is -0.393 e. The average Bonchev–Trinajstić information content (AvgIpc) is 3.03. The van der Waals surface area contributed by atoms with Crippen LogP contribution in [0.4, 0.5) is 0 Å². The second kappa shape index (κ2) is 7.99. The molecule has 0 radical (unpaired) electrons. The van der Waals surface area contributed by atoms with Crippen molar-refractivity contribution in [2.24, 2.45) is 52.3 Å². The van der Waals surface area contributed by atoms with Crippen molar-refractivity contribution >= 4 is 0 Å². The average molecular weight is 401 g/mol. The highest BCUT2D eigenvalue weighted by molar-refractivity contribution is 5.10. The molecule has 1 N–H and O–H groups in total. The first-order valence-corrected chi connectivity index (χ1v) is 13.0. The zero-order valence-electron chi connectivity index (χ0n) is 20.1. The molecule has 29 heavy (non-hydrogen) atoms. The van der Waals surface area contributed by atoms with Gasteiger partial charge in [-0.2, -0.15) is 0 Å².